The molecule has 11 heteroatoms. The Hall–Kier alpha value is -3.01. The highest BCUT2D eigenvalue weighted by Gasteiger charge is 2.19. The van der Waals surface area contributed by atoms with Gasteiger partial charge >= 0.3 is 16.2 Å². The second-order valence-electron chi connectivity index (χ2n) is 7.42. The molecular weight excluding hydrogens is 516 g/mol. The molecule has 0 spiro atoms. The van der Waals surface area contributed by atoms with E-state index in [0.29, 0.717) is 24.3 Å². The maximum atomic E-state index is 13.3. The number of benzene rings is 3. The molecular formula is C24H22Cl2FN3O4S. The van der Waals surface area contributed by atoms with Crippen molar-refractivity contribution < 1.29 is 21.8 Å². The first-order valence-corrected chi connectivity index (χ1v) is 12.7. The zero-order valence-electron chi connectivity index (χ0n) is 18.9. The van der Waals surface area contributed by atoms with Gasteiger partial charge in [0.25, 0.3) is 0 Å². The number of hydrogen-bond donors (Lipinski definition) is 0. The molecule has 3 aromatic carbocycles. The number of esters is 1. The smallest absolute Gasteiger partial charge is 0.338 e. The van der Waals surface area contributed by atoms with Crippen molar-refractivity contribution in [2.24, 2.45) is 10.2 Å². The number of halogens is 3. The molecule has 0 fully saturated rings. The van der Waals surface area contributed by atoms with Crippen molar-refractivity contribution in [2.45, 2.75) is 18.7 Å². The summed E-state index contributed by atoms with van der Waals surface area (Å²) < 4.78 is 40.9. The average molecular weight is 538 g/mol. The second-order valence-corrected chi connectivity index (χ2v) is 9.55. The largest absolute Gasteiger partial charge is 0.460 e. The fourth-order valence-corrected chi connectivity index (χ4v) is 4.46. The third-order valence-corrected chi connectivity index (χ3v) is 6.65. The average Bonchev–Trinajstić information content (AvgIpc) is 2.82. The van der Waals surface area contributed by atoms with E-state index in [1.807, 2.05) is 32.0 Å². The third kappa shape index (κ3) is 7.00. The number of carbonyl (C=O) groups excluding carboxylic acids is 1. The summed E-state index contributed by atoms with van der Waals surface area (Å²) in [4.78, 5) is 13.5. The fourth-order valence-electron chi connectivity index (χ4n) is 3.21. The topological polar surface area (TPSA) is 88.4 Å². The Balaban J connectivity index is 1.69. The molecule has 184 valence electrons. The molecule has 3 rings (SSSR count). The highest BCUT2D eigenvalue weighted by Crippen LogP contribution is 2.36. The first-order valence-electron chi connectivity index (χ1n) is 10.5. The Bertz CT molecular complexity index is 1350. The summed E-state index contributed by atoms with van der Waals surface area (Å²) in [5, 5.41) is 7.75. The molecule has 0 amide bonds. The van der Waals surface area contributed by atoms with Crippen molar-refractivity contribution in [3.63, 3.8) is 0 Å². The van der Waals surface area contributed by atoms with Crippen LogP contribution in [-0.4, -0.2) is 34.1 Å². The Morgan fingerprint density at radius 1 is 1.00 bits per heavy atom. The molecule has 0 heterocycles. The number of anilines is 1. The fraction of sp³-hybridized carbons (Fsp3) is 0.208. The molecule has 0 aliphatic heterocycles. The number of azo groups is 1. The van der Waals surface area contributed by atoms with E-state index in [4.69, 9.17) is 27.9 Å². The molecule has 0 aliphatic rings. The van der Waals surface area contributed by atoms with Gasteiger partial charge in [-0.05, 0) is 61.9 Å². The van der Waals surface area contributed by atoms with Crippen LogP contribution in [0.15, 0.2) is 75.8 Å². The summed E-state index contributed by atoms with van der Waals surface area (Å²) in [5.74, 6) is -0.371. The number of ether oxygens (including phenoxy) is 1. The van der Waals surface area contributed by atoms with Crippen molar-refractivity contribution in [3.8, 4) is 0 Å². The first-order chi connectivity index (χ1) is 16.6. The number of likely N-dealkylation sites (N-methyl/N-ethyl adjacent to an activating group) is 1. The van der Waals surface area contributed by atoms with E-state index in [1.54, 1.807) is 30.3 Å². The summed E-state index contributed by atoms with van der Waals surface area (Å²) in [6.07, 6.45) is 0. The zero-order chi connectivity index (χ0) is 25.6. The molecule has 3 aromatic rings. The Labute approximate surface area is 213 Å². The summed E-state index contributed by atoms with van der Waals surface area (Å²) in [6, 6.07) is 16.4. The summed E-state index contributed by atoms with van der Waals surface area (Å²) in [5.41, 5.74) is 2.88. The van der Waals surface area contributed by atoms with E-state index in [2.05, 4.69) is 15.1 Å². The monoisotopic (exact) mass is 537 g/mol. The lowest BCUT2D eigenvalue weighted by Gasteiger charge is -2.23. The predicted octanol–water partition coefficient (Wildman–Crippen LogP) is 7.06. The number of nitrogens with zero attached hydrogens (tertiary/aromatic N) is 3. The van der Waals surface area contributed by atoms with Gasteiger partial charge < -0.3 is 9.64 Å². The van der Waals surface area contributed by atoms with E-state index in [-0.39, 0.29) is 28.3 Å². The van der Waals surface area contributed by atoms with Crippen LogP contribution in [0.3, 0.4) is 0 Å². The zero-order valence-corrected chi connectivity index (χ0v) is 21.2. The Morgan fingerprint density at radius 3 is 2.31 bits per heavy atom. The number of rotatable bonds is 9. The number of carbonyl (C=O) groups is 1. The molecule has 0 aliphatic carbocycles. The van der Waals surface area contributed by atoms with Gasteiger partial charge in [-0.15, -0.1) is 9.00 Å². The lowest BCUT2D eigenvalue weighted by molar-refractivity contribution is 0.0515. The molecule has 0 atom stereocenters. The van der Waals surface area contributed by atoms with Gasteiger partial charge in [0.15, 0.2) is 0 Å². The van der Waals surface area contributed by atoms with Crippen LogP contribution in [0.4, 0.5) is 20.9 Å². The second kappa shape index (κ2) is 11.6. The SMILES string of the molecule is CCN(CCOC(=O)c1ccccc1)c1ccc(N=Nc2cc(Cl)c(S(=O)(=O)F)cc2Cl)c(C)c1. The number of hydrogen-bond acceptors (Lipinski definition) is 7. The molecule has 0 N–H and O–H groups in total. The van der Waals surface area contributed by atoms with Gasteiger partial charge in [0.1, 0.15) is 17.2 Å². The van der Waals surface area contributed by atoms with Crippen LogP contribution >= 0.6 is 23.2 Å². The lowest BCUT2D eigenvalue weighted by atomic mass is 10.1. The lowest BCUT2D eigenvalue weighted by Crippen LogP contribution is -2.28. The third-order valence-electron chi connectivity index (χ3n) is 5.06. The maximum Gasteiger partial charge on any atom is 0.338 e. The van der Waals surface area contributed by atoms with Crippen molar-refractivity contribution in [1.29, 1.82) is 0 Å². The maximum absolute atomic E-state index is 13.3. The van der Waals surface area contributed by atoms with Crippen molar-refractivity contribution in [3.05, 3.63) is 81.8 Å². The van der Waals surface area contributed by atoms with Gasteiger partial charge in [0, 0.05) is 12.2 Å². The van der Waals surface area contributed by atoms with E-state index in [0.717, 1.165) is 23.4 Å². The van der Waals surface area contributed by atoms with Crippen LogP contribution in [0.5, 0.6) is 0 Å². The van der Waals surface area contributed by atoms with Crippen molar-refractivity contribution in [2.75, 3.05) is 24.6 Å². The quantitative estimate of drug-likeness (QED) is 0.165. The van der Waals surface area contributed by atoms with Crippen LogP contribution in [0.1, 0.15) is 22.8 Å². The molecule has 0 radical (unpaired) electrons. The normalized spacial score (nSPS) is 11.6. The molecule has 35 heavy (non-hydrogen) atoms. The Morgan fingerprint density at radius 2 is 1.69 bits per heavy atom. The first kappa shape index (κ1) is 26.6. The summed E-state index contributed by atoms with van der Waals surface area (Å²) in [7, 11) is -5.01. The standard InChI is InChI=1S/C24H22Cl2FN3O4S/c1-3-30(11-12-34-24(31)17-7-5-4-6-8-17)18-9-10-21(16(2)13-18)28-29-22-14-20(26)23(15-19(22)25)35(27,32)33/h4-10,13-15H,3,11-12H2,1-2H3. The Kier molecular flexibility index (Phi) is 8.82. The van der Waals surface area contributed by atoms with Gasteiger partial charge in [-0.2, -0.15) is 13.5 Å². The van der Waals surface area contributed by atoms with Crippen LogP contribution in [-0.2, 0) is 15.0 Å². The van der Waals surface area contributed by atoms with Crippen molar-refractivity contribution >= 4 is 56.5 Å². The predicted molar refractivity (Wildman–Crippen MR) is 135 cm³/mol. The minimum Gasteiger partial charge on any atom is -0.460 e. The molecule has 0 aromatic heterocycles. The van der Waals surface area contributed by atoms with Gasteiger partial charge in [-0.25, -0.2) is 4.79 Å². The van der Waals surface area contributed by atoms with Crippen LogP contribution < -0.4 is 4.90 Å². The summed E-state index contributed by atoms with van der Waals surface area (Å²) >= 11 is 11.9. The van der Waals surface area contributed by atoms with E-state index in [1.165, 1.54) is 0 Å². The van der Waals surface area contributed by atoms with E-state index < -0.39 is 15.1 Å². The van der Waals surface area contributed by atoms with Crippen LogP contribution in [0.25, 0.3) is 0 Å². The highest BCUT2D eigenvalue weighted by molar-refractivity contribution is 7.86. The van der Waals surface area contributed by atoms with E-state index >= 15 is 0 Å². The molecule has 0 unspecified atom stereocenters. The minimum absolute atomic E-state index is 0.1000. The summed E-state index contributed by atoms with van der Waals surface area (Å²) in [6.45, 7) is 5.28. The molecule has 7 nitrogen and oxygen atoms in total. The van der Waals surface area contributed by atoms with Gasteiger partial charge in [0.05, 0.1) is 27.8 Å². The van der Waals surface area contributed by atoms with Gasteiger partial charge in [-0.1, -0.05) is 41.4 Å². The van der Waals surface area contributed by atoms with Crippen LogP contribution in [0, 0.1) is 6.92 Å². The molecule has 0 saturated carbocycles. The number of aryl methyl sites for hydroxylation is 1. The highest BCUT2D eigenvalue weighted by atomic mass is 35.5. The van der Waals surface area contributed by atoms with Crippen molar-refractivity contribution in [1.82, 2.24) is 0 Å². The van der Waals surface area contributed by atoms with Gasteiger partial charge in [-0.3, -0.25) is 0 Å². The van der Waals surface area contributed by atoms with Crippen LogP contribution in [0.2, 0.25) is 10.0 Å². The van der Waals surface area contributed by atoms with Gasteiger partial charge in [0.2, 0.25) is 0 Å². The minimum atomic E-state index is -5.01. The van der Waals surface area contributed by atoms with E-state index in [9.17, 15) is 17.1 Å². The molecule has 0 saturated heterocycles. The molecule has 0 bridgehead atoms.